The van der Waals surface area contributed by atoms with Crippen molar-refractivity contribution in [1.29, 1.82) is 0 Å². The summed E-state index contributed by atoms with van der Waals surface area (Å²) in [5.74, 6) is 0. The number of halogens is 2. The molecule has 0 heterocycles. The maximum atomic E-state index is 9.99. The molecule has 2 N–H and O–H groups in total. The van der Waals surface area contributed by atoms with Gasteiger partial charge in [-0.2, -0.15) is 4.99 Å². The lowest BCUT2D eigenvalue weighted by Crippen LogP contribution is -2.44. The minimum Gasteiger partial charge on any atom is -0.307 e. The third-order valence-electron chi connectivity index (χ3n) is 1.47. The van der Waals surface area contributed by atoms with Crippen molar-refractivity contribution in [2.45, 2.75) is 11.0 Å². The lowest BCUT2D eigenvalue weighted by Gasteiger charge is -2.26. The van der Waals surface area contributed by atoms with Crippen LogP contribution in [0, 0.1) is 0 Å². The molecule has 0 bridgehead atoms. The van der Waals surface area contributed by atoms with Crippen LogP contribution in [0.25, 0.3) is 0 Å². The van der Waals surface area contributed by atoms with Crippen molar-refractivity contribution < 1.29 is 4.79 Å². The highest BCUT2D eigenvalue weighted by Crippen LogP contribution is 2.29. The average molecular weight is 205 g/mol. The molecule has 1 rings (SSSR count). The fourth-order valence-corrected chi connectivity index (χ4v) is 1.49. The number of nitrogens with zero attached hydrogens (tertiary/aromatic N) is 1. The second-order valence-electron chi connectivity index (χ2n) is 2.36. The van der Waals surface area contributed by atoms with Crippen molar-refractivity contribution in [3.05, 3.63) is 23.3 Å². The van der Waals surface area contributed by atoms with Gasteiger partial charge in [-0.25, -0.2) is 4.79 Å². The highest BCUT2D eigenvalue weighted by Gasteiger charge is 2.34. The summed E-state index contributed by atoms with van der Waals surface area (Å²) in [6.07, 6.45) is 6.10. The van der Waals surface area contributed by atoms with Crippen LogP contribution in [-0.4, -0.2) is 17.1 Å². The Morgan fingerprint density at radius 2 is 2.42 bits per heavy atom. The van der Waals surface area contributed by atoms with Crippen LogP contribution >= 0.6 is 23.2 Å². The minimum absolute atomic E-state index is 0.332. The van der Waals surface area contributed by atoms with Gasteiger partial charge < -0.3 is 5.73 Å². The van der Waals surface area contributed by atoms with E-state index >= 15 is 0 Å². The molecule has 0 aromatic rings. The number of alkyl halides is 1. The monoisotopic (exact) mass is 204 g/mol. The Kier molecular flexibility index (Phi) is 2.70. The number of rotatable bonds is 1. The Balaban J connectivity index is 3.02. The first-order valence-electron chi connectivity index (χ1n) is 3.17. The number of hydrogen-bond acceptors (Lipinski definition) is 3. The van der Waals surface area contributed by atoms with Crippen LogP contribution in [0.1, 0.15) is 0 Å². The van der Waals surface area contributed by atoms with Gasteiger partial charge in [0.05, 0.1) is 0 Å². The van der Waals surface area contributed by atoms with E-state index in [2.05, 4.69) is 4.99 Å². The molecule has 0 saturated heterocycles. The van der Waals surface area contributed by atoms with Gasteiger partial charge in [0.2, 0.25) is 6.08 Å². The SMILES string of the molecule is NC1(Cl)C=CC=C(Cl)C1N=C=O. The fourth-order valence-electron chi connectivity index (χ4n) is 0.894. The van der Waals surface area contributed by atoms with Crippen molar-refractivity contribution in [2.75, 3.05) is 0 Å². The number of carbonyl (C=O) groups excluding carboxylic acids is 1. The molecule has 0 aromatic heterocycles. The summed E-state index contributed by atoms with van der Waals surface area (Å²) < 4.78 is 0. The largest absolute Gasteiger partial charge is 0.307 e. The molecule has 12 heavy (non-hydrogen) atoms. The number of allylic oxidation sites excluding steroid dienone is 2. The van der Waals surface area contributed by atoms with Gasteiger partial charge >= 0.3 is 0 Å². The first kappa shape index (κ1) is 9.49. The third kappa shape index (κ3) is 1.76. The summed E-state index contributed by atoms with van der Waals surface area (Å²) >= 11 is 11.5. The zero-order valence-corrected chi connectivity index (χ0v) is 7.51. The van der Waals surface area contributed by atoms with Crippen molar-refractivity contribution in [3.8, 4) is 0 Å². The molecule has 64 valence electrons. The number of nitrogens with two attached hydrogens (primary N) is 1. The fraction of sp³-hybridized carbons (Fsp3) is 0.286. The number of aliphatic imine (C=N–C) groups is 1. The second kappa shape index (κ2) is 3.42. The predicted octanol–water partition coefficient (Wildman–Crippen LogP) is 1.28. The molecule has 0 radical (unpaired) electrons. The molecule has 0 saturated carbocycles. The van der Waals surface area contributed by atoms with E-state index in [-0.39, 0.29) is 0 Å². The Morgan fingerprint density at radius 3 is 2.92 bits per heavy atom. The van der Waals surface area contributed by atoms with Crippen LogP contribution in [0.4, 0.5) is 0 Å². The van der Waals surface area contributed by atoms with E-state index in [1.807, 2.05) is 0 Å². The Morgan fingerprint density at radius 1 is 1.75 bits per heavy atom. The number of hydrogen-bond donors (Lipinski definition) is 1. The van der Waals surface area contributed by atoms with Gasteiger partial charge in [-0.15, -0.1) is 0 Å². The Labute approximate surface area is 79.5 Å². The van der Waals surface area contributed by atoms with E-state index in [1.165, 1.54) is 12.2 Å². The maximum Gasteiger partial charge on any atom is 0.235 e. The first-order chi connectivity index (χ1) is 5.58. The summed E-state index contributed by atoms with van der Waals surface area (Å²) in [4.78, 5) is 12.2. The first-order valence-corrected chi connectivity index (χ1v) is 3.93. The molecule has 1 aliphatic carbocycles. The molecule has 1 aliphatic rings. The van der Waals surface area contributed by atoms with E-state index in [4.69, 9.17) is 28.9 Å². The molecule has 3 nitrogen and oxygen atoms in total. The minimum atomic E-state index is -1.22. The molecular weight excluding hydrogens is 199 g/mol. The summed E-state index contributed by atoms with van der Waals surface area (Å²) in [6, 6.07) is -0.733. The number of isocyanates is 1. The maximum absolute atomic E-state index is 9.99. The van der Waals surface area contributed by atoms with Crippen LogP contribution in [0.2, 0.25) is 0 Å². The van der Waals surface area contributed by atoms with Crippen LogP contribution in [0.3, 0.4) is 0 Å². The highest BCUT2D eigenvalue weighted by atomic mass is 35.5. The molecule has 0 aromatic carbocycles. The molecular formula is C7H6Cl2N2O. The summed E-state index contributed by atoms with van der Waals surface area (Å²) in [6.45, 7) is 0. The molecule has 0 spiro atoms. The molecule has 2 atom stereocenters. The van der Waals surface area contributed by atoms with Crippen LogP contribution in [0.15, 0.2) is 28.3 Å². The zero-order chi connectivity index (χ0) is 9.19. The van der Waals surface area contributed by atoms with Crippen LogP contribution in [0.5, 0.6) is 0 Å². The van der Waals surface area contributed by atoms with E-state index in [9.17, 15) is 4.79 Å². The van der Waals surface area contributed by atoms with Crippen molar-refractivity contribution in [3.63, 3.8) is 0 Å². The lowest BCUT2D eigenvalue weighted by molar-refractivity contribution is 0.551. The van der Waals surface area contributed by atoms with Gasteiger partial charge in [0, 0.05) is 5.03 Å². The quantitative estimate of drug-likeness (QED) is 0.303. The normalized spacial score (nSPS) is 33.9. The van der Waals surface area contributed by atoms with E-state index in [1.54, 1.807) is 12.2 Å². The Hall–Kier alpha value is -0.600. The van der Waals surface area contributed by atoms with Gasteiger partial charge in [-0.3, -0.25) is 0 Å². The molecule has 0 amide bonds. The van der Waals surface area contributed by atoms with Gasteiger partial charge in [0.25, 0.3) is 0 Å². The summed E-state index contributed by atoms with van der Waals surface area (Å²) in [5, 5.41) is 0.332. The third-order valence-corrected chi connectivity index (χ3v) is 2.13. The summed E-state index contributed by atoms with van der Waals surface area (Å²) in [7, 11) is 0. The average Bonchev–Trinajstić information content (AvgIpc) is 1.97. The standard InChI is InChI=1S/C7H6Cl2N2O/c8-5-2-1-3-7(9,10)6(5)11-4-12/h1-3,6H,10H2. The van der Waals surface area contributed by atoms with Gasteiger partial charge in [0.1, 0.15) is 11.0 Å². The second-order valence-corrected chi connectivity index (χ2v) is 3.45. The smallest absolute Gasteiger partial charge is 0.235 e. The topological polar surface area (TPSA) is 55.4 Å². The van der Waals surface area contributed by atoms with E-state index in [0.717, 1.165) is 0 Å². The van der Waals surface area contributed by atoms with Crippen LogP contribution in [-0.2, 0) is 4.79 Å². The molecule has 0 aliphatic heterocycles. The molecule has 5 heteroatoms. The zero-order valence-electron chi connectivity index (χ0n) is 6.00. The van der Waals surface area contributed by atoms with Gasteiger partial charge in [0.15, 0.2) is 0 Å². The van der Waals surface area contributed by atoms with Gasteiger partial charge in [-0.1, -0.05) is 29.3 Å². The van der Waals surface area contributed by atoms with Crippen LogP contribution < -0.4 is 5.73 Å². The highest BCUT2D eigenvalue weighted by molar-refractivity contribution is 6.33. The predicted molar refractivity (Wildman–Crippen MR) is 47.8 cm³/mol. The lowest BCUT2D eigenvalue weighted by atomic mass is 10.0. The molecule has 0 fully saturated rings. The van der Waals surface area contributed by atoms with Crippen molar-refractivity contribution in [2.24, 2.45) is 10.7 Å². The van der Waals surface area contributed by atoms with E-state index < -0.39 is 11.0 Å². The van der Waals surface area contributed by atoms with Crippen molar-refractivity contribution >= 4 is 29.3 Å². The van der Waals surface area contributed by atoms with Crippen molar-refractivity contribution in [1.82, 2.24) is 0 Å². The Bertz CT molecular complexity index is 290. The molecule has 2 unspecified atom stereocenters. The van der Waals surface area contributed by atoms with E-state index in [0.29, 0.717) is 5.03 Å². The van der Waals surface area contributed by atoms with Gasteiger partial charge in [-0.05, 0) is 12.2 Å². The summed E-state index contributed by atoms with van der Waals surface area (Å²) in [5.41, 5.74) is 5.58.